The Labute approximate surface area is 92.1 Å². The van der Waals surface area contributed by atoms with Gasteiger partial charge >= 0.3 is 0 Å². The van der Waals surface area contributed by atoms with Gasteiger partial charge in [0.05, 0.1) is 5.41 Å². The molecule has 1 saturated carbocycles. The van der Waals surface area contributed by atoms with E-state index in [-0.39, 0.29) is 5.41 Å². The highest BCUT2D eigenvalue weighted by Crippen LogP contribution is 2.52. The second kappa shape index (κ2) is 3.07. The average Bonchev–Trinajstić information content (AvgIpc) is 2.88. The molecule has 0 atom stereocenters. The van der Waals surface area contributed by atoms with Crippen LogP contribution in [0.2, 0.25) is 5.02 Å². The van der Waals surface area contributed by atoms with Gasteiger partial charge in [0.25, 0.3) is 0 Å². The van der Waals surface area contributed by atoms with E-state index in [1.165, 1.54) is 11.9 Å². The number of hydrogen-bond acceptors (Lipinski definition) is 3. The molecule has 0 amide bonds. The number of aromatic nitrogens is 2. The monoisotopic (exact) mass is 220 g/mol. The van der Waals surface area contributed by atoms with Crippen LogP contribution in [0.5, 0.6) is 0 Å². The van der Waals surface area contributed by atoms with Gasteiger partial charge in [-0.05, 0) is 30.5 Å². The van der Waals surface area contributed by atoms with Gasteiger partial charge in [0.15, 0.2) is 6.33 Å². The molecule has 2 aromatic rings. The normalized spacial score (nSPS) is 17.7. The number of hydrogen-bond donors (Lipinski definition) is 0. The van der Waals surface area contributed by atoms with Crippen molar-refractivity contribution in [2.24, 2.45) is 0 Å². The first-order chi connectivity index (χ1) is 7.31. The van der Waals surface area contributed by atoms with E-state index in [1.807, 2.05) is 24.3 Å². The van der Waals surface area contributed by atoms with Crippen molar-refractivity contribution in [3.8, 4) is 0 Å². The summed E-state index contributed by atoms with van der Waals surface area (Å²) in [6.45, 7) is 0. The first-order valence-corrected chi connectivity index (χ1v) is 5.22. The van der Waals surface area contributed by atoms with E-state index < -0.39 is 0 Å². The highest BCUT2D eigenvalue weighted by molar-refractivity contribution is 6.30. The third kappa shape index (κ3) is 1.35. The number of halogens is 1. The molecule has 0 spiro atoms. The molecule has 0 bridgehead atoms. The molecule has 1 aliphatic rings. The molecule has 1 fully saturated rings. The molecular formula is C11H9ClN2O. The van der Waals surface area contributed by atoms with Gasteiger partial charge in [-0.3, -0.25) is 0 Å². The van der Waals surface area contributed by atoms with Gasteiger partial charge in [-0.1, -0.05) is 28.9 Å². The van der Waals surface area contributed by atoms with Crippen molar-refractivity contribution in [2.45, 2.75) is 18.3 Å². The maximum absolute atomic E-state index is 5.86. The van der Waals surface area contributed by atoms with Crippen molar-refractivity contribution in [3.63, 3.8) is 0 Å². The van der Waals surface area contributed by atoms with Gasteiger partial charge < -0.3 is 4.52 Å². The van der Waals surface area contributed by atoms with E-state index in [1.54, 1.807) is 0 Å². The van der Waals surface area contributed by atoms with Crippen LogP contribution in [0, 0.1) is 0 Å². The first-order valence-electron chi connectivity index (χ1n) is 4.84. The minimum absolute atomic E-state index is 0.0406. The summed E-state index contributed by atoms with van der Waals surface area (Å²) >= 11 is 5.86. The van der Waals surface area contributed by atoms with Gasteiger partial charge in [-0.15, -0.1) is 0 Å². The first kappa shape index (κ1) is 8.92. The maximum Gasteiger partial charge on any atom is 0.237 e. The second-order valence-corrected chi connectivity index (χ2v) is 4.27. The Kier molecular flexibility index (Phi) is 1.83. The zero-order valence-corrected chi connectivity index (χ0v) is 8.74. The lowest BCUT2D eigenvalue weighted by atomic mass is 9.96. The highest BCUT2D eigenvalue weighted by atomic mass is 35.5. The lowest BCUT2D eigenvalue weighted by molar-refractivity contribution is 0.359. The summed E-state index contributed by atoms with van der Waals surface area (Å²) in [7, 11) is 0. The van der Waals surface area contributed by atoms with E-state index in [9.17, 15) is 0 Å². The molecule has 76 valence electrons. The molecule has 1 aliphatic carbocycles. The van der Waals surface area contributed by atoms with Gasteiger partial charge in [0.1, 0.15) is 0 Å². The molecule has 0 N–H and O–H groups in total. The van der Waals surface area contributed by atoms with Crippen LogP contribution in [-0.4, -0.2) is 10.1 Å². The summed E-state index contributed by atoms with van der Waals surface area (Å²) in [5, 5.41) is 4.41. The average molecular weight is 221 g/mol. The Bertz CT molecular complexity index is 460. The van der Waals surface area contributed by atoms with Crippen molar-refractivity contribution >= 4 is 11.6 Å². The van der Waals surface area contributed by atoms with E-state index in [2.05, 4.69) is 10.1 Å². The number of rotatable bonds is 2. The summed E-state index contributed by atoms with van der Waals surface area (Å²) < 4.78 is 5.15. The molecule has 3 rings (SSSR count). The van der Waals surface area contributed by atoms with Crippen molar-refractivity contribution in [2.75, 3.05) is 0 Å². The molecule has 4 heteroatoms. The van der Waals surface area contributed by atoms with Crippen LogP contribution >= 0.6 is 11.6 Å². The Morgan fingerprint density at radius 2 is 1.93 bits per heavy atom. The molecule has 1 aromatic carbocycles. The van der Waals surface area contributed by atoms with E-state index in [0.717, 1.165) is 17.9 Å². The van der Waals surface area contributed by atoms with Crippen LogP contribution in [0.15, 0.2) is 35.1 Å². The molecule has 1 aromatic heterocycles. The highest BCUT2D eigenvalue weighted by Gasteiger charge is 2.50. The number of benzene rings is 1. The SMILES string of the molecule is Clc1ccc(C2(c3ncno3)CC2)cc1. The van der Waals surface area contributed by atoms with Crippen molar-refractivity contribution in [1.29, 1.82) is 0 Å². The van der Waals surface area contributed by atoms with E-state index in [0.29, 0.717) is 5.89 Å². The van der Waals surface area contributed by atoms with Crippen molar-refractivity contribution in [3.05, 3.63) is 47.1 Å². The van der Waals surface area contributed by atoms with Crippen LogP contribution in [0.25, 0.3) is 0 Å². The number of nitrogens with zero attached hydrogens (tertiary/aromatic N) is 2. The standard InChI is InChI=1S/C11H9ClN2O/c12-9-3-1-8(2-4-9)11(5-6-11)10-13-7-14-15-10/h1-4,7H,5-6H2. The fraction of sp³-hybridized carbons (Fsp3) is 0.273. The van der Waals surface area contributed by atoms with Crippen LogP contribution in [0.4, 0.5) is 0 Å². The maximum atomic E-state index is 5.86. The van der Waals surface area contributed by atoms with Gasteiger partial charge in [0, 0.05) is 5.02 Å². The summed E-state index contributed by atoms with van der Waals surface area (Å²) in [6.07, 6.45) is 3.58. The van der Waals surface area contributed by atoms with Gasteiger partial charge in [0.2, 0.25) is 5.89 Å². The molecule has 0 radical (unpaired) electrons. The van der Waals surface area contributed by atoms with E-state index in [4.69, 9.17) is 16.1 Å². The van der Waals surface area contributed by atoms with Crippen LogP contribution < -0.4 is 0 Å². The van der Waals surface area contributed by atoms with Crippen molar-refractivity contribution in [1.82, 2.24) is 10.1 Å². The molecule has 1 heterocycles. The largest absolute Gasteiger partial charge is 0.339 e. The lowest BCUT2D eigenvalue weighted by Gasteiger charge is -2.10. The third-order valence-electron chi connectivity index (χ3n) is 2.92. The van der Waals surface area contributed by atoms with E-state index >= 15 is 0 Å². The molecule has 0 saturated heterocycles. The molecule has 0 aliphatic heterocycles. The smallest absolute Gasteiger partial charge is 0.237 e. The molecular weight excluding hydrogens is 212 g/mol. The predicted octanol–water partition coefficient (Wildman–Crippen LogP) is 2.80. The zero-order chi connectivity index (χ0) is 10.3. The lowest BCUT2D eigenvalue weighted by Crippen LogP contribution is -2.08. The molecule has 0 unspecified atom stereocenters. The Morgan fingerprint density at radius 1 is 1.20 bits per heavy atom. The predicted molar refractivity (Wildman–Crippen MR) is 55.8 cm³/mol. The third-order valence-corrected chi connectivity index (χ3v) is 3.17. The summed E-state index contributed by atoms with van der Waals surface area (Å²) in [5.74, 6) is 0.713. The Morgan fingerprint density at radius 3 is 2.47 bits per heavy atom. The Balaban J connectivity index is 2.04. The second-order valence-electron chi connectivity index (χ2n) is 3.84. The summed E-state index contributed by atoms with van der Waals surface area (Å²) in [4.78, 5) is 4.14. The van der Waals surface area contributed by atoms with Gasteiger partial charge in [-0.25, -0.2) is 0 Å². The van der Waals surface area contributed by atoms with Crippen molar-refractivity contribution < 1.29 is 4.52 Å². The summed E-state index contributed by atoms with van der Waals surface area (Å²) in [5.41, 5.74) is 1.16. The zero-order valence-electron chi connectivity index (χ0n) is 7.98. The van der Waals surface area contributed by atoms with Crippen LogP contribution in [-0.2, 0) is 5.41 Å². The Hall–Kier alpha value is -1.35. The quantitative estimate of drug-likeness (QED) is 0.781. The minimum Gasteiger partial charge on any atom is -0.339 e. The van der Waals surface area contributed by atoms with Gasteiger partial charge in [-0.2, -0.15) is 4.98 Å². The summed E-state index contributed by atoms with van der Waals surface area (Å²) in [6, 6.07) is 7.85. The molecule has 15 heavy (non-hydrogen) atoms. The van der Waals surface area contributed by atoms with Crippen LogP contribution in [0.3, 0.4) is 0 Å². The molecule has 3 nitrogen and oxygen atoms in total. The fourth-order valence-corrected chi connectivity index (χ4v) is 2.03. The topological polar surface area (TPSA) is 38.9 Å². The minimum atomic E-state index is -0.0406. The van der Waals surface area contributed by atoms with Crippen LogP contribution in [0.1, 0.15) is 24.3 Å². The fourth-order valence-electron chi connectivity index (χ4n) is 1.90.